The van der Waals surface area contributed by atoms with Crippen LogP contribution in [0.25, 0.3) is 0 Å². The zero-order valence-corrected chi connectivity index (χ0v) is 12.7. The van der Waals surface area contributed by atoms with E-state index in [9.17, 15) is 0 Å². The van der Waals surface area contributed by atoms with E-state index in [0.717, 1.165) is 17.3 Å². The van der Waals surface area contributed by atoms with Gasteiger partial charge in [0.1, 0.15) is 0 Å². The first kappa shape index (κ1) is 14.4. The van der Waals surface area contributed by atoms with Gasteiger partial charge in [-0.1, -0.05) is 18.5 Å². The fourth-order valence-corrected chi connectivity index (χ4v) is 2.97. The minimum atomic E-state index is 0.319. The summed E-state index contributed by atoms with van der Waals surface area (Å²) in [6.07, 6.45) is 3.99. The molecule has 0 saturated heterocycles. The summed E-state index contributed by atoms with van der Waals surface area (Å²) in [7, 11) is 1.94. The van der Waals surface area contributed by atoms with Gasteiger partial charge in [0.25, 0.3) is 0 Å². The quantitative estimate of drug-likeness (QED) is 0.827. The van der Waals surface area contributed by atoms with Gasteiger partial charge in [-0.3, -0.25) is 4.68 Å². The van der Waals surface area contributed by atoms with E-state index >= 15 is 0 Å². The lowest BCUT2D eigenvalue weighted by Gasteiger charge is -2.15. The minimum Gasteiger partial charge on any atom is -0.309 e. The molecule has 0 aliphatic carbocycles. The number of benzene rings is 1. The number of rotatable bonds is 6. The van der Waals surface area contributed by atoms with Crippen LogP contribution in [0, 0.1) is 0 Å². The van der Waals surface area contributed by atoms with Crippen LogP contribution in [0.3, 0.4) is 0 Å². The fourth-order valence-electron chi connectivity index (χ4n) is 1.85. The predicted octanol–water partition coefficient (Wildman–Crippen LogP) is 3.52. The molecule has 1 atom stereocenters. The molecule has 5 heteroatoms. The molecular weight excluding hydrogens is 278 g/mol. The van der Waals surface area contributed by atoms with E-state index in [4.69, 9.17) is 11.6 Å². The van der Waals surface area contributed by atoms with Crippen LogP contribution >= 0.6 is 23.4 Å². The average molecular weight is 296 g/mol. The number of nitrogens with zero attached hydrogens (tertiary/aromatic N) is 2. The molecule has 0 saturated carbocycles. The Morgan fingerprint density at radius 3 is 2.68 bits per heavy atom. The molecule has 1 aromatic carbocycles. The van der Waals surface area contributed by atoms with Crippen LogP contribution in [0.5, 0.6) is 0 Å². The van der Waals surface area contributed by atoms with Crippen molar-refractivity contribution in [1.29, 1.82) is 0 Å². The van der Waals surface area contributed by atoms with Crippen molar-refractivity contribution in [3.05, 3.63) is 47.2 Å². The minimum absolute atomic E-state index is 0.319. The molecule has 3 nitrogen and oxygen atoms in total. The van der Waals surface area contributed by atoms with Gasteiger partial charge in [-0.15, -0.1) is 11.8 Å². The Balaban J connectivity index is 1.99. The molecule has 0 bridgehead atoms. The Morgan fingerprint density at radius 1 is 1.37 bits per heavy atom. The number of thioether (sulfide) groups is 1. The Kier molecular flexibility index (Phi) is 5.31. The standard InChI is InChI=1S/C14H18ClN3S/c1-3-16-14(11-8-17-18(2)9-11)10-19-13-6-4-12(15)5-7-13/h4-9,14,16H,3,10H2,1-2H3. The molecule has 19 heavy (non-hydrogen) atoms. The molecule has 2 aromatic rings. The normalized spacial score (nSPS) is 12.6. The fraction of sp³-hybridized carbons (Fsp3) is 0.357. The summed E-state index contributed by atoms with van der Waals surface area (Å²) < 4.78 is 1.84. The molecule has 0 aliphatic heterocycles. The number of hydrogen-bond donors (Lipinski definition) is 1. The van der Waals surface area contributed by atoms with Crippen molar-refractivity contribution >= 4 is 23.4 Å². The molecule has 102 valence electrons. The van der Waals surface area contributed by atoms with E-state index in [-0.39, 0.29) is 0 Å². The summed E-state index contributed by atoms with van der Waals surface area (Å²) in [5, 5.41) is 8.51. The number of halogens is 1. The van der Waals surface area contributed by atoms with Crippen LogP contribution in [0.1, 0.15) is 18.5 Å². The average Bonchev–Trinajstić information content (AvgIpc) is 2.83. The summed E-state index contributed by atoms with van der Waals surface area (Å²) in [5.41, 5.74) is 1.23. The third-order valence-electron chi connectivity index (χ3n) is 2.81. The second kappa shape index (κ2) is 6.98. The first-order valence-electron chi connectivity index (χ1n) is 6.29. The molecule has 0 spiro atoms. The smallest absolute Gasteiger partial charge is 0.0537 e. The maximum absolute atomic E-state index is 5.89. The van der Waals surface area contributed by atoms with Crippen LogP contribution in [0.4, 0.5) is 0 Å². The van der Waals surface area contributed by atoms with Crippen molar-refractivity contribution in [1.82, 2.24) is 15.1 Å². The lowest BCUT2D eigenvalue weighted by molar-refractivity contribution is 0.605. The molecule has 0 radical (unpaired) electrons. The lowest BCUT2D eigenvalue weighted by atomic mass is 10.2. The second-order valence-electron chi connectivity index (χ2n) is 4.32. The highest BCUT2D eigenvalue weighted by atomic mass is 35.5. The highest BCUT2D eigenvalue weighted by molar-refractivity contribution is 7.99. The molecule has 1 N–H and O–H groups in total. The first-order valence-corrected chi connectivity index (χ1v) is 7.65. The summed E-state index contributed by atoms with van der Waals surface area (Å²) >= 11 is 7.71. The van der Waals surface area contributed by atoms with Crippen molar-refractivity contribution in [2.45, 2.75) is 17.9 Å². The van der Waals surface area contributed by atoms with E-state index in [0.29, 0.717) is 6.04 Å². The lowest BCUT2D eigenvalue weighted by Crippen LogP contribution is -2.22. The van der Waals surface area contributed by atoms with Crippen molar-refractivity contribution < 1.29 is 0 Å². The molecule has 2 rings (SSSR count). The largest absolute Gasteiger partial charge is 0.309 e. The van der Waals surface area contributed by atoms with Gasteiger partial charge in [0, 0.05) is 40.5 Å². The maximum Gasteiger partial charge on any atom is 0.0537 e. The number of hydrogen-bond acceptors (Lipinski definition) is 3. The summed E-state index contributed by atoms with van der Waals surface area (Å²) in [5.74, 6) is 0.973. The third-order valence-corrected chi connectivity index (χ3v) is 4.17. The van der Waals surface area contributed by atoms with Gasteiger partial charge in [0.15, 0.2) is 0 Å². The number of aromatic nitrogens is 2. The number of aryl methyl sites for hydroxylation is 1. The monoisotopic (exact) mass is 295 g/mol. The van der Waals surface area contributed by atoms with Gasteiger partial charge in [-0.05, 0) is 30.8 Å². The van der Waals surface area contributed by atoms with Gasteiger partial charge in [-0.25, -0.2) is 0 Å². The molecule has 1 heterocycles. The van der Waals surface area contributed by atoms with E-state index in [2.05, 4.69) is 35.7 Å². The SMILES string of the molecule is CCNC(CSc1ccc(Cl)cc1)c1cnn(C)c1. The Morgan fingerprint density at radius 2 is 2.11 bits per heavy atom. The van der Waals surface area contributed by atoms with E-state index in [1.165, 1.54) is 10.5 Å². The van der Waals surface area contributed by atoms with Gasteiger partial charge >= 0.3 is 0 Å². The first-order chi connectivity index (χ1) is 9.19. The second-order valence-corrected chi connectivity index (χ2v) is 5.85. The summed E-state index contributed by atoms with van der Waals surface area (Å²) in [6, 6.07) is 8.28. The molecule has 1 unspecified atom stereocenters. The molecule has 0 fully saturated rings. The van der Waals surface area contributed by atoms with E-state index in [1.54, 1.807) is 0 Å². The molecule has 0 amide bonds. The van der Waals surface area contributed by atoms with Crippen molar-refractivity contribution in [3.63, 3.8) is 0 Å². The van der Waals surface area contributed by atoms with Crippen LogP contribution in [0.2, 0.25) is 5.02 Å². The highest BCUT2D eigenvalue weighted by Crippen LogP contribution is 2.25. The van der Waals surface area contributed by atoms with Gasteiger partial charge in [0.2, 0.25) is 0 Å². The van der Waals surface area contributed by atoms with Gasteiger partial charge < -0.3 is 5.32 Å². The summed E-state index contributed by atoms with van der Waals surface area (Å²) in [6.45, 7) is 3.07. The zero-order valence-electron chi connectivity index (χ0n) is 11.1. The maximum atomic E-state index is 5.89. The van der Waals surface area contributed by atoms with Crippen molar-refractivity contribution in [3.8, 4) is 0 Å². The molecule has 1 aromatic heterocycles. The van der Waals surface area contributed by atoms with Crippen LogP contribution in [0.15, 0.2) is 41.6 Å². The number of nitrogens with one attached hydrogen (secondary N) is 1. The topological polar surface area (TPSA) is 29.9 Å². The molecular formula is C14H18ClN3S. The van der Waals surface area contributed by atoms with Gasteiger partial charge in [-0.2, -0.15) is 5.10 Å². The highest BCUT2D eigenvalue weighted by Gasteiger charge is 2.12. The zero-order chi connectivity index (χ0) is 13.7. The van der Waals surface area contributed by atoms with E-state index in [1.807, 2.05) is 41.8 Å². The van der Waals surface area contributed by atoms with Gasteiger partial charge in [0.05, 0.1) is 6.20 Å². The Labute approximate surface area is 123 Å². The Bertz CT molecular complexity index is 510. The van der Waals surface area contributed by atoms with Crippen molar-refractivity contribution in [2.24, 2.45) is 7.05 Å². The van der Waals surface area contributed by atoms with Crippen molar-refractivity contribution in [2.75, 3.05) is 12.3 Å². The van der Waals surface area contributed by atoms with Crippen LogP contribution < -0.4 is 5.32 Å². The third kappa shape index (κ3) is 4.27. The predicted molar refractivity (Wildman–Crippen MR) is 81.8 cm³/mol. The Hall–Kier alpha value is -0.970. The van der Waals surface area contributed by atoms with E-state index < -0.39 is 0 Å². The van der Waals surface area contributed by atoms with Crippen LogP contribution in [-0.2, 0) is 7.05 Å². The summed E-state index contributed by atoms with van der Waals surface area (Å²) in [4.78, 5) is 1.23. The van der Waals surface area contributed by atoms with Crippen LogP contribution in [-0.4, -0.2) is 22.1 Å². The molecule has 0 aliphatic rings.